The normalized spacial score (nSPS) is 10.9. The maximum Gasteiger partial charge on any atom is 0.372 e. The van der Waals surface area contributed by atoms with Gasteiger partial charge in [-0.1, -0.05) is 12.2 Å². The number of furan rings is 1. The van der Waals surface area contributed by atoms with Gasteiger partial charge < -0.3 is 14.3 Å². The van der Waals surface area contributed by atoms with Crippen LogP contribution >= 0.6 is 0 Å². The van der Waals surface area contributed by atoms with Crippen LogP contribution in [0.1, 0.15) is 23.0 Å². The maximum atomic E-state index is 10.6. The first-order chi connectivity index (χ1) is 6.75. The number of carboxylic acid groups (broad SMARTS) is 1. The zero-order chi connectivity index (χ0) is 10.4. The van der Waals surface area contributed by atoms with Gasteiger partial charge in [0.15, 0.2) is 0 Å². The van der Waals surface area contributed by atoms with Crippen molar-refractivity contribution in [1.82, 2.24) is 0 Å². The van der Waals surface area contributed by atoms with E-state index in [1.807, 2.05) is 19.1 Å². The Morgan fingerprint density at radius 2 is 2.50 bits per heavy atom. The Hall–Kier alpha value is -1.55. The molecule has 4 nitrogen and oxygen atoms in total. The standard InChI is InChI=1S/C10H12O4/c1-2-3-5-13-7-8-4-6-14-9(8)10(11)12/h2-4,6H,5,7H2,1H3,(H,11,12). The minimum absolute atomic E-state index is 0.0505. The molecule has 0 bridgehead atoms. The Morgan fingerprint density at radius 3 is 3.14 bits per heavy atom. The fourth-order valence-electron chi connectivity index (χ4n) is 0.970. The first-order valence-corrected chi connectivity index (χ1v) is 4.24. The number of rotatable bonds is 5. The van der Waals surface area contributed by atoms with Gasteiger partial charge in [-0.25, -0.2) is 4.79 Å². The third-order valence-corrected chi connectivity index (χ3v) is 1.65. The quantitative estimate of drug-likeness (QED) is 0.578. The number of aromatic carboxylic acids is 1. The maximum absolute atomic E-state index is 10.6. The predicted molar refractivity (Wildman–Crippen MR) is 50.1 cm³/mol. The number of hydrogen-bond donors (Lipinski definition) is 1. The predicted octanol–water partition coefficient (Wildman–Crippen LogP) is 2.07. The smallest absolute Gasteiger partial charge is 0.372 e. The topological polar surface area (TPSA) is 59.7 Å². The van der Waals surface area contributed by atoms with Crippen LogP contribution in [0.4, 0.5) is 0 Å². The summed E-state index contributed by atoms with van der Waals surface area (Å²) in [5.41, 5.74) is 0.557. The van der Waals surface area contributed by atoms with Crippen LogP contribution in [0, 0.1) is 0 Å². The largest absolute Gasteiger partial charge is 0.475 e. The van der Waals surface area contributed by atoms with Crippen LogP contribution in [0.3, 0.4) is 0 Å². The summed E-state index contributed by atoms with van der Waals surface area (Å²) in [6.07, 6.45) is 5.06. The van der Waals surface area contributed by atoms with Crippen LogP contribution in [0.25, 0.3) is 0 Å². The third-order valence-electron chi connectivity index (χ3n) is 1.65. The molecule has 76 valence electrons. The lowest BCUT2D eigenvalue weighted by Gasteiger charge is -1.98. The molecule has 1 heterocycles. The molecule has 0 radical (unpaired) electrons. The van der Waals surface area contributed by atoms with Crippen molar-refractivity contribution in [2.24, 2.45) is 0 Å². The van der Waals surface area contributed by atoms with Gasteiger partial charge >= 0.3 is 5.97 Å². The molecule has 14 heavy (non-hydrogen) atoms. The molecule has 0 aliphatic heterocycles. The second-order valence-electron chi connectivity index (χ2n) is 2.66. The molecular formula is C10H12O4. The third kappa shape index (κ3) is 2.74. The summed E-state index contributed by atoms with van der Waals surface area (Å²) in [5, 5.41) is 8.69. The monoisotopic (exact) mass is 196 g/mol. The highest BCUT2D eigenvalue weighted by atomic mass is 16.5. The molecule has 0 saturated carbocycles. The molecule has 0 atom stereocenters. The molecule has 0 unspecified atom stereocenters. The fourth-order valence-corrected chi connectivity index (χ4v) is 0.970. The summed E-state index contributed by atoms with van der Waals surface area (Å²) in [5.74, 6) is -1.12. The van der Waals surface area contributed by atoms with Crippen molar-refractivity contribution >= 4 is 5.97 Å². The van der Waals surface area contributed by atoms with E-state index in [1.165, 1.54) is 6.26 Å². The zero-order valence-corrected chi connectivity index (χ0v) is 7.90. The van der Waals surface area contributed by atoms with Crippen molar-refractivity contribution in [3.05, 3.63) is 35.8 Å². The molecule has 0 amide bonds. The highest BCUT2D eigenvalue weighted by molar-refractivity contribution is 5.85. The van der Waals surface area contributed by atoms with E-state index >= 15 is 0 Å². The highest BCUT2D eigenvalue weighted by Crippen LogP contribution is 2.11. The first kappa shape index (κ1) is 10.5. The molecule has 0 aromatic carbocycles. The van der Waals surface area contributed by atoms with Gasteiger partial charge in [0.25, 0.3) is 0 Å². The highest BCUT2D eigenvalue weighted by Gasteiger charge is 2.13. The van der Waals surface area contributed by atoms with E-state index in [-0.39, 0.29) is 12.4 Å². The molecule has 0 saturated heterocycles. The molecule has 1 aromatic rings. The first-order valence-electron chi connectivity index (χ1n) is 4.24. The Balaban J connectivity index is 2.50. The van der Waals surface area contributed by atoms with Crippen molar-refractivity contribution in [1.29, 1.82) is 0 Å². The van der Waals surface area contributed by atoms with Crippen molar-refractivity contribution in [3.63, 3.8) is 0 Å². The Bertz CT molecular complexity index is 325. The number of allylic oxidation sites excluding steroid dienone is 1. The summed E-state index contributed by atoms with van der Waals surface area (Å²) in [6.45, 7) is 2.62. The van der Waals surface area contributed by atoms with Crippen LogP contribution in [0.2, 0.25) is 0 Å². The minimum atomic E-state index is -1.07. The number of carbonyl (C=O) groups is 1. The molecule has 4 heteroatoms. The van der Waals surface area contributed by atoms with E-state index in [0.29, 0.717) is 12.2 Å². The van der Waals surface area contributed by atoms with Gasteiger partial charge in [-0.2, -0.15) is 0 Å². The Kier molecular flexibility index (Phi) is 3.94. The fraction of sp³-hybridized carbons (Fsp3) is 0.300. The van der Waals surface area contributed by atoms with E-state index in [2.05, 4.69) is 0 Å². The average Bonchev–Trinajstić information content (AvgIpc) is 2.60. The molecule has 0 aliphatic carbocycles. The lowest BCUT2D eigenvalue weighted by atomic mass is 10.2. The summed E-state index contributed by atoms with van der Waals surface area (Å²) < 4.78 is 9.98. The van der Waals surface area contributed by atoms with Crippen LogP contribution in [-0.2, 0) is 11.3 Å². The van der Waals surface area contributed by atoms with E-state index < -0.39 is 5.97 Å². The van der Waals surface area contributed by atoms with Crippen molar-refractivity contribution in [2.75, 3.05) is 6.61 Å². The van der Waals surface area contributed by atoms with Gasteiger partial charge in [-0.3, -0.25) is 0 Å². The van der Waals surface area contributed by atoms with Gasteiger partial charge in [0.1, 0.15) is 0 Å². The average molecular weight is 196 g/mol. The summed E-state index contributed by atoms with van der Waals surface area (Å²) in [6, 6.07) is 1.60. The van der Waals surface area contributed by atoms with Gasteiger partial charge in [0, 0.05) is 5.56 Å². The SMILES string of the molecule is CC=CCOCc1ccoc1C(=O)O. The van der Waals surface area contributed by atoms with Gasteiger partial charge in [0.05, 0.1) is 19.5 Å². The number of carboxylic acids is 1. The van der Waals surface area contributed by atoms with Crippen LogP contribution in [0.5, 0.6) is 0 Å². The Morgan fingerprint density at radius 1 is 1.71 bits per heavy atom. The molecule has 0 aliphatic rings. The number of hydrogen-bond acceptors (Lipinski definition) is 3. The van der Waals surface area contributed by atoms with E-state index in [1.54, 1.807) is 6.07 Å². The van der Waals surface area contributed by atoms with Crippen LogP contribution < -0.4 is 0 Å². The molecule has 1 N–H and O–H groups in total. The van der Waals surface area contributed by atoms with Crippen LogP contribution in [-0.4, -0.2) is 17.7 Å². The number of ether oxygens (including phenoxy) is 1. The van der Waals surface area contributed by atoms with Crippen molar-refractivity contribution < 1.29 is 19.1 Å². The molecular weight excluding hydrogens is 184 g/mol. The summed E-state index contributed by atoms with van der Waals surface area (Å²) in [7, 11) is 0. The van der Waals surface area contributed by atoms with Crippen LogP contribution in [0.15, 0.2) is 28.9 Å². The van der Waals surface area contributed by atoms with Gasteiger partial charge in [-0.15, -0.1) is 0 Å². The molecule has 0 fully saturated rings. The van der Waals surface area contributed by atoms with E-state index in [0.717, 1.165) is 0 Å². The van der Waals surface area contributed by atoms with Gasteiger partial charge in [0.2, 0.25) is 5.76 Å². The van der Waals surface area contributed by atoms with Crippen molar-refractivity contribution in [2.45, 2.75) is 13.5 Å². The van der Waals surface area contributed by atoms with E-state index in [9.17, 15) is 4.79 Å². The lowest BCUT2D eigenvalue weighted by Crippen LogP contribution is -2.00. The minimum Gasteiger partial charge on any atom is -0.475 e. The van der Waals surface area contributed by atoms with E-state index in [4.69, 9.17) is 14.3 Å². The summed E-state index contributed by atoms with van der Waals surface area (Å²) in [4.78, 5) is 10.6. The molecule has 1 aromatic heterocycles. The zero-order valence-electron chi connectivity index (χ0n) is 7.90. The second kappa shape index (κ2) is 5.24. The second-order valence-corrected chi connectivity index (χ2v) is 2.66. The van der Waals surface area contributed by atoms with Gasteiger partial charge in [-0.05, 0) is 13.0 Å². The summed E-state index contributed by atoms with van der Waals surface area (Å²) >= 11 is 0. The lowest BCUT2D eigenvalue weighted by molar-refractivity contribution is 0.0653. The van der Waals surface area contributed by atoms with Crippen molar-refractivity contribution in [3.8, 4) is 0 Å². The molecule has 0 spiro atoms. The Labute approximate surface area is 81.8 Å². The molecule has 1 rings (SSSR count).